The van der Waals surface area contributed by atoms with Crippen LogP contribution in [0.1, 0.15) is 5.56 Å². The maximum absolute atomic E-state index is 13.2. The summed E-state index contributed by atoms with van der Waals surface area (Å²) >= 11 is 5.60. The van der Waals surface area contributed by atoms with E-state index in [1.54, 1.807) is 19.2 Å². The van der Waals surface area contributed by atoms with E-state index in [2.05, 4.69) is 5.32 Å². The molecule has 1 aliphatic rings. The smallest absolute Gasteiger partial charge is 0.142 e. The van der Waals surface area contributed by atoms with Crippen LogP contribution in [0.4, 0.5) is 4.39 Å². The number of methoxy groups -OCH3 is 1. The Labute approximate surface area is 87.0 Å². The highest BCUT2D eigenvalue weighted by Gasteiger charge is 2.39. The lowest BCUT2D eigenvalue weighted by molar-refractivity contribution is -0.0567. The second kappa shape index (κ2) is 3.50. The highest BCUT2D eigenvalue weighted by atomic mass is 35.5. The number of nitrogens with one attached hydrogen (secondary N) is 1. The minimum Gasteiger partial charge on any atom is -0.371 e. The summed E-state index contributed by atoms with van der Waals surface area (Å²) in [5, 5.41) is 3.25. The molecule has 0 atom stereocenters. The molecule has 1 aliphatic heterocycles. The molecule has 14 heavy (non-hydrogen) atoms. The first kappa shape index (κ1) is 9.90. The largest absolute Gasteiger partial charge is 0.371 e. The lowest BCUT2D eigenvalue weighted by Crippen LogP contribution is -2.58. The van der Waals surface area contributed by atoms with Crippen molar-refractivity contribution in [1.82, 2.24) is 5.32 Å². The van der Waals surface area contributed by atoms with Crippen molar-refractivity contribution in [2.75, 3.05) is 20.2 Å². The zero-order chi connectivity index (χ0) is 10.2. The fraction of sp³-hybridized carbons (Fsp3) is 0.400. The third-order valence-corrected chi connectivity index (χ3v) is 2.96. The minimum absolute atomic E-state index is 0.146. The van der Waals surface area contributed by atoms with Crippen LogP contribution in [0.15, 0.2) is 18.2 Å². The average Bonchev–Trinajstić information content (AvgIpc) is 2.10. The van der Waals surface area contributed by atoms with Crippen LogP contribution in [0.5, 0.6) is 0 Å². The first-order valence-corrected chi connectivity index (χ1v) is 4.77. The molecular weight excluding hydrogens is 205 g/mol. The second-order valence-corrected chi connectivity index (χ2v) is 3.84. The molecule has 0 radical (unpaired) electrons. The number of rotatable bonds is 2. The van der Waals surface area contributed by atoms with Crippen LogP contribution in [0, 0.1) is 5.82 Å². The van der Waals surface area contributed by atoms with Crippen LogP contribution in [0.3, 0.4) is 0 Å². The fourth-order valence-corrected chi connectivity index (χ4v) is 1.72. The van der Waals surface area contributed by atoms with Gasteiger partial charge < -0.3 is 10.1 Å². The molecule has 1 aromatic rings. The van der Waals surface area contributed by atoms with Crippen LogP contribution in [-0.2, 0) is 10.3 Å². The number of hydrogen-bond acceptors (Lipinski definition) is 2. The van der Waals surface area contributed by atoms with E-state index < -0.39 is 5.82 Å². The Hall–Kier alpha value is -0.640. The number of hydrogen-bond donors (Lipinski definition) is 1. The van der Waals surface area contributed by atoms with Gasteiger partial charge in [-0.25, -0.2) is 4.39 Å². The molecule has 0 aliphatic carbocycles. The lowest BCUT2D eigenvalue weighted by Gasteiger charge is -2.41. The van der Waals surface area contributed by atoms with Crippen molar-refractivity contribution < 1.29 is 9.13 Å². The average molecular weight is 216 g/mol. The SMILES string of the molecule is COC1(c2ccc(Cl)c(F)c2)CNC1. The van der Waals surface area contributed by atoms with Crippen molar-refractivity contribution in [1.29, 1.82) is 0 Å². The van der Waals surface area contributed by atoms with Crippen molar-refractivity contribution in [2.45, 2.75) is 5.60 Å². The van der Waals surface area contributed by atoms with Gasteiger partial charge in [0.05, 0.1) is 5.02 Å². The zero-order valence-electron chi connectivity index (χ0n) is 7.81. The van der Waals surface area contributed by atoms with Crippen molar-refractivity contribution in [3.05, 3.63) is 34.6 Å². The Morgan fingerprint density at radius 2 is 2.21 bits per heavy atom. The topological polar surface area (TPSA) is 21.3 Å². The normalized spacial score (nSPS) is 19.1. The van der Waals surface area contributed by atoms with E-state index in [1.165, 1.54) is 6.07 Å². The van der Waals surface area contributed by atoms with E-state index in [1.807, 2.05) is 0 Å². The van der Waals surface area contributed by atoms with Crippen LogP contribution in [0.2, 0.25) is 5.02 Å². The Balaban J connectivity index is 2.36. The molecule has 0 saturated carbocycles. The van der Waals surface area contributed by atoms with E-state index in [-0.39, 0.29) is 10.6 Å². The minimum atomic E-state index is -0.396. The molecule has 1 fully saturated rings. The molecule has 0 amide bonds. The third-order valence-electron chi connectivity index (χ3n) is 2.66. The molecule has 1 aromatic carbocycles. The summed E-state index contributed by atoms with van der Waals surface area (Å²) in [6.45, 7) is 1.43. The number of halogens is 2. The standard InChI is InChI=1S/C10H11ClFNO/c1-14-10(5-13-6-10)7-2-3-8(11)9(12)4-7/h2-4,13H,5-6H2,1H3. The summed E-state index contributed by atoms with van der Waals surface area (Å²) in [5.41, 5.74) is 0.464. The maximum atomic E-state index is 13.2. The highest BCUT2D eigenvalue weighted by Crippen LogP contribution is 2.31. The molecule has 0 aromatic heterocycles. The van der Waals surface area contributed by atoms with Gasteiger partial charge in [0.1, 0.15) is 11.4 Å². The van der Waals surface area contributed by atoms with Gasteiger partial charge in [-0.3, -0.25) is 0 Å². The van der Waals surface area contributed by atoms with E-state index in [0.29, 0.717) is 13.1 Å². The molecule has 0 unspecified atom stereocenters. The van der Waals surface area contributed by atoms with Crippen molar-refractivity contribution >= 4 is 11.6 Å². The summed E-state index contributed by atoms with van der Waals surface area (Å²) in [7, 11) is 1.63. The van der Waals surface area contributed by atoms with Gasteiger partial charge in [-0.2, -0.15) is 0 Å². The molecular formula is C10H11ClFNO. The van der Waals surface area contributed by atoms with Crippen molar-refractivity contribution in [2.24, 2.45) is 0 Å². The van der Waals surface area contributed by atoms with E-state index in [4.69, 9.17) is 16.3 Å². The number of ether oxygens (including phenoxy) is 1. The summed E-state index contributed by atoms with van der Waals surface area (Å²) in [6.07, 6.45) is 0. The Morgan fingerprint density at radius 1 is 1.50 bits per heavy atom. The quantitative estimate of drug-likeness (QED) is 0.814. The molecule has 0 bridgehead atoms. The lowest BCUT2D eigenvalue weighted by atomic mass is 9.88. The first-order valence-electron chi connectivity index (χ1n) is 4.39. The van der Waals surface area contributed by atoms with Gasteiger partial charge in [-0.1, -0.05) is 17.7 Å². The second-order valence-electron chi connectivity index (χ2n) is 3.43. The van der Waals surface area contributed by atoms with E-state index >= 15 is 0 Å². The zero-order valence-corrected chi connectivity index (χ0v) is 8.57. The van der Waals surface area contributed by atoms with E-state index in [0.717, 1.165) is 5.56 Å². The predicted octanol–water partition coefficient (Wildman–Crippen LogP) is 1.92. The van der Waals surface area contributed by atoms with Crippen LogP contribution in [0.25, 0.3) is 0 Å². The maximum Gasteiger partial charge on any atom is 0.142 e. The molecule has 1 N–H and O–H groups in total. The van der Waals surface area contributed by atoms with E-state index in [9.17, 15) is 4.39 Å². The molecule has 4 heteroatoms. The summed E-state index contributed by atoms with van der Waals surface area (Å²) in [5.74, 6) is -0.396. The van der Waals surface area contributed by atoms with Crippen molar-refractivity contribution in [3.63, 3.8) is 0 Å². The first-order chi connectivity index (χ1) is 6.68. The highest BCUT2D eigenvalue weighted by molar-refractivity contribution is 6.30. The van der Waals surface area contributed by atoms with Gasteiger partial charge in [-0.05, 0) is 17.7 Å². The Kier molecular flexibility index (Phi) is 2.47. The van der Waals surface area contributed by atoms with Crippen molar-refractivity contribution in [3.8, 4) is 0 Å². The van der Waals surface area contributed by atoms with Gasteiger partial charge >= 0.3 is 0 Å². The van der Waals surface area contributed by atoms with Gasteiger partial charge in [0.15, 0.2) is 0 Å². The fourth-order valence-electron chi connectivity index (χ4n) is 1.60. The molecule has 1 saturated heterocycles. The molecule has 2 nitrogen and oxygen atoms in total. The van der Waals surface area contributed by atoms with Gasteiger partial charge in [0.25, 0.3) is 0 Å². The summed E-state index contributed by atoms with van der Waals surface area (Å²) in [4.78, 5) is 0. The van der Waals surface area contributed by atoms with Gasteiger partial charge in [-0.15, -0.1) is 0 Å². The third kappa shape index (κ3) is 1.41. The van der Waals surface area contributed by atoms with Gasteiger partial charge in [0.2, 0.25) is 0 Å². The Morgan fingerprint density at radius 3 is 2.64 bits per heavy atom. The van der Waals surface area contributed by atoms with Crippen LogP contribution in [-0.4, -0.2) is 20.2 Å². The van der Waals surface area contributed by atoms with Gasteiger partial charge in [0, 0.05) is 20.2 Å². The molecule has 1 heterocycles. The molecule has 0 spiro atoms. The summed E-state index contributed by atoms with van der Waals surface area (Å²) in [6, 6.07) is 4.80. The summed E-state index contributed by atoms with van der Waals surface area (Å²) < 4.78 is 18.6. The van der Waals surface area contributed by atoms with Crippen LogP contribution >= 0.6 is 11.6 Å². The number of benzene rings is 1. The molecule has 2 rings (SSSR count). The van der Waals surface area contributed by atoms with Crippen LogP contribution < -0.4 is 5.32 Å². The predicted molar refractivity (Wildman–Crippen MR) is 53.0 cm³/mol. The Bertz CT molecular complexity index is 346. The monoisotopic (exact) mass is 215 g/mol. The molecule has 76 valence electrons.